The third-order valence-electron chi connectivity index (χ3n) is 7.30. The van der Waals surface area contributed by atoms with Crippen LogP contribution in [0.2, 0.25) is 5.15 Å². The number of anilines is 1. The fraction of sp³-hybridized carbons (Fsp3) is 0.500. The summed E-state index contributed by atoms with van der Waals surface area (Å²) >= 11 is 6.65. The van der Waals surface area contributed by atoms with E-state index in [0.29, 0.717) is 29.4 Å². The molecule has 5 N–H and O–H groups in total. The van der Waals surface area contributed by atoms with Crippen molar-refractivity contribution in [3.05, 3.63) is 56.6 Å². The van der Waals surface area contributed by atoms with Crippen molar-refractivity contribution in [3.63, 3.8) is 0 Å². The van der Waals surface area contributed by atoms with Crippen LogP contribution in [0.3, 0.4) is 0 Å². The number of amides is 1. The van der Waals surface area contributed by atoms with Gasteiger partial charge in [0.2, 0.25) is 5.91 Å². The zero-order valence-corrected chi connectivity index (χ0v) is 19.8. The number of carbonyl (C=O) groups excluding carboxylic acids is 1. The van der Waals surface area contributed by atoms with E-state index in [4.69, 9.17) is 22.7 Å². The second-order valence-corrected chi connectivity index (χ2v) is 9.44. The van der Waals surface area contributed by atoms with Crippen LogP contribution in [0.4, 0.5) is 5.82 Å². The van der Waals surface area contributed by atoms with Gasteiger partial charge in [-0.05, 0) is 44.1 Å². The molecule has 1 atom stereocenters. The van der Waals surface area contributed by atoms with E-state index in [0.717, 1.165) is 37.7 Å². The predicted octanol–water partition coefficient (Wildman–Crippen LogP) is 3.46. The summed E-state index contributed by atoms with van der Waals surface area (Å²) < 4.78 is 1.58. The number of hydrogen-bond donors (Lipinski definition) is 4. The minimum atomic E-state index is -0.647. The molecule has 4 rings (SSSR count). The van der Waals surface area contributed by atoms with Crippen LogP contribution in [0.25, 0.3) is 0 Å². The molecule has 1 fully saturated rings. The lowest BCUT2D eigenvalue weighted by atomic mass is 9.77. The average molecular weight is 471 g/mol. The van der Waals surface area contributed by atoms with Gasteiger partial charge in [-0.25, -0.2) is 4.98 Å². The van der Waals surface area contributed by atoms with Crippen LogP contribution >= 0.6 is 11.6 Å². The maximum Gasteiger partial charge on any atom is 0.294 e. The fourth-order valence-electron chi connectivity index (χ4n) is 4.88. The minimum Gasteiger partial charge on any atom is -0.384 e. The summed E-state index contributed by atoms with van der Waals surface area (Å²) in [6.45, 7) is 4.44. The van der Waals surface area contributed by atoms with Crippen molar-refractivity contribution in [2.45, 2.75) is 76.4 Å². The first-order valence-electron chi connectivity index (χ1n) is 11.6. The zero-order valence-electron chi connectivity index (χ0n) is 19.1. The standard InChI is InChI=1S/C24H31ClN6O2/c1-3-24(4-2)12-17(22(32)28-13-14-8-10-15(11-9-14)20(26)27)31-18(24)19(25)30-21(23(31)33)29-16-6-5-7-16/h8-11,16-17H,3-7,12-13H2,1-2H3,(H3,26,27)(H,28,32)(H,29,30)/t17-/m0/s1. The molecule has 176 valence electrons. The topological polar surface area (TPSA) is 126 Å². The predicted molar refractivity (Wildman–Crippen MR) is 130 cm³/mol. The van der Waals surface area contributed by atoms with Crippen LogP contribution in [0.15, 0.2) is 29.1 Å². The number of fused-ring (bicyclic) bond motifs is 1. The maximum absolute atomic E-state index is 13.5. The lowest BCUT2D eigenvalue weighted by Crippen LogP contribution is -2.38. The number of benzene rings is 1. The molecule has 1 aromatic carbocycles. The second kappa shape index (κ2) is 9.17. The third-order valence-corrected chi connectivity index (χ3v) is 7.56. The monoisotopic (exact) mass is 470 g/mol. The molecule has 1 amide bonds. The lowest BCUT2D eigenvalue weighted by Gasteiger charge is -2.28. The molecule has 1 aliphatic carbocycles. The fourth-order valence-corrected chi connectivity index (χ4v) is 5.25. The molecule has 0 bridgehead atoms. The van der Waals surface area contributed by atoms with Crippen LogP contribution in [0.1, 0.15) is 75.2 Å². The van der Waals surface area contributed by atoms with Gasteiger partial charge in [0.15, 0.2) is 11.0 Å². The van der Waals surface area contributed by atoms with Gasteiger partial charge in [-0.2, -0.15) is 0 Å². The number of nitrogens with two attached hydrogens (primary N) is 1. The highest BCUT2D eigenvalue weighted by Gasteiger charge is 2.47. The largest absolute Gasteiger partial charge is 0.384 e. The quantitative estimate of drug-likeness (QED) is 0.347. The number of nitrogens with one attached hydrogen (secondary N) is 3. The number of rotatable bonds is 8. The zero-order chi connectivity index (χ0) is 23.8. The molecule has 8 nitrogen and oxygen atoms in total. The van der Waals surface area contributed by atoms with Gasteiger partial charge in [-0.1, -0.05) is 49.7 Å². The van der Waals surface area contributed by atoms with Gasteiger partial charge >= 0.3 is 0 Å². The smallest absolute Gasteiger partial charge is 0.294 e. The summed E-state index contributed by atoms with van der Waals surface area (Å²) in [5, 5.41) is 14.0. The van der Waals surface area contributed by atoms with E-state index in [1.807, 2.05) is 12.1 Å². The van der Waals surface area contributed by atoms with Crippen molar-refractivity contribution in [2.75, 3.05) is 5.32 Å². The van der Waals surface area contributed by atoms with Crippen molar-refractivity contribution in [3.8, 4) is 0 Å². The number of hydrogen-bond acceptors (Lipinski definition) is 5. The molecular formula is C24H31ClN6O2. The second-order valence-electron chi connectivity index (χ2n) is 9.08. The number of amidine groups is 1. The van der Waals surface area contributed by atoms with Gasteiger partial charge < -0.3 is 16.4 Å². The Morgan fingerprint density at radius 3 is 2.48 bits per heavy atom. The Balaban J connectivity index is 1.63. The van der Waals surface area contributed by atoms with Crippen molar-refractivity contribution in [2.24, 2.45) is 5.73 Å². The number of carbonyl (C=O) groups is 1. The van der Waals surface area contributed by atoms with E-state index in [1.165, 1.54) is 0 Å². The number of nitrogens with zero attached hydrogens (tertiary/aromatic N) is 2. The summed E-state index contributed by atoms with van der Waals surface area (Å²) in [4.78, 5) is 31.2. The highest BCUT2D eigenvalue weighted by molar-refractivity contribution is 6.30. The molecule has 1 aromatic heterocycles. The van der Waals surface area contributed by atoms with Gasteiger partial charge in [0.25, 0.3) is 5.56 Å². The maximum atomic E-state index is 13.5. The Labute approximate surface area is 198 Å². The molecular weight excluding hydrogens is 440 g/mol. The molecule has 2 aliphatic rings. The third kappa shape index (κ3) is 4.24. The molecule has 1 aliphatic heterocycles. The Bertz CT molecular complexity index is 1120. The summed E-state index contributed by atoms with van der Waals surface area (Å²) in [5.74, 6) is 0.0171. The molecule has 1 saturated carbocycles. The normalized spacial score (nSPS) is 18.9. The summed E-state index contributed by atoms with van der Waals surface area (Å²) in [7, 11) is 0. The van der Waals surface area contributed by atoms with E-state index in [1.54, 1.807) is 16.7 Å². The summed E-state index contributed by atoms with van der Waals surface area (Å²) in [6, 6.07) is 6.75. The Morgan fingerprint density at radius 2 is 1.94 bits per heavy atom. The first-order valence-corrected chi connectivity index (χ1v) is 12.0. The molecule has 33 heavy (non-hydrogen) atoms. The first kappa shape index (κ1) is 23.3. The van der Waals surface area contributed by atoms with Crippen molar-refractivity contribution < 1.29 is 4.79 Å². The van der Waals surface area contributed by atoms with E-state index in [9.17, 15) is 9.59 Å². The Hall–Kier alpha value is -2.87. The van der Waals surface area contributed by atoms with Crippen molar-refractivity contribution in [1.29, 1.82) is 5.41 Å². The first-order chi connectivity index (χ1) is 15.8. The van der Waals surface area contributed by atoms with E-state index in [-0.39, 0.29) is 34.6 Å². The number of halogens is 1. The van der Waals surface area contributed by atoms with Gasteiger partial charge in [-0.15, -0.1) is 0 Å². The highest BCUT2D eigenvalue weighted by Crippen LogP contribution is 2.47. The van der Waals surface area contributed by atoms with Crippen LogP contribution in [0.5, 0.6) is 0 Å². The van der Waals surface area contributed by atoms with Crippen molar-refractivity contribution >= 4 is 29.2 Å². The lowest BCUT2D eigenvalue weighted by molar-refractivity contribution is -0.124. The number of nitrogen functional groups attached to an aromatic ring is 1. The molecule has 0 unspecified atom stereocenters. The van der Waals surface area contributed by atoms with Crippen LogP contribution in [0, 0.1) is 5.41 Å². The SMILES string of the molecule is CCC1(CC)C[C@@H](C(=O)NCc2ccc(C(=N)N)cc2)n2c1c(Cl)nc(NC1CCC1)c2=O. The molecule has 9 heteroatoms. The van der Waals surface area contributed by atoms with E-state index >= 15 is 0 Å². The van der Waals surface area contributed by atoms with Gasteiger partial charge in [-0.3, -0.25) is 19.6 Å². The van der Waals surface area contributed by atoms with Gasteiger partial charge in [0.1, 0.15) is 11.9 Å². The van der Waals surface area contributed by atoms with E-state index < -0.39 is 6.04 Å². The molecule has 0 spiro atoms. The highest BCUT2D eigenvalue weighted by atomic mass is 35.5. The Morgan fingerprint density at radius 1 is 1.27 bits per heavy atom. The van der Waals surface area contributed by atoms with E-state index in [2.05, 4.69) is 29.5 Å². The number of aromatic nitrogens is 2. The Kier molecular flexibility index (Phi) is 6.47. The molecule has 0 saturated heterocycles. The molecule has 2 heterocycles. The van der Waals surface area contributed by atoms with Gasteiger partial charge in [0, 0.05) is 23.6 Å². The van der Waals surface area contributed by atoms with Crippen LogP contribution in [-0.2, 0) is 16.8 Å². The van der Waals surface area contributed by atoms with Crippen LogP contribution in [-0.4, -0.2) is 27.3 Å². The summed E-state index contributed by atoms with van der Waals surface area (Å²) in [5.41, 5.74) is 7.04. The van der Waals surface area contributed by atoms with Gasteiger partial charge in [0.05, 0.1) is 5.69 Å². The summed E-state index contributed by atoms with van der Waals surface area (Å²) in [6.07, 6.45) is 5.16. The molecule has 0 radical (unpaired) electrons. The van der Waals surface area contributed by atoms with Crippen molar-refractivity contribution in [1.82, 2.24) is 14.9 Å². The average Bonchev–Trinajstić information content (AvgIpc) is 3.14. The minimum absolute atomic E-state index is 0.000188. The molecule has 2 aromatic rings. The van der Waals surface area contributed by atoms with Crippen LogP contribution < -0.4 is 21.9 Å².